The lowest BCUT2D eigenvalue weighted by molar-refractivity contribution is -0.153. The number of H-pyrrole nitrogens is 1. The third kappa shape index (κ3) is 2.69. The van der Waals surface area contributed by atoms with Gasteiger partial charge in [-0.2, -0.15) is 0 Å². The standard InChI is InChI=1S/C16H17NO4/c1-10-15(11-5-2-3-6-12(11)17-10)13(18)9-21-16(19)14-7-4-8-20-14/h2-3,5-6,14,17H,4,7-9H2,1H3. The first-order chi connectivity index (χ1) is 10.2. The lowest BCUT2D eigenvalue weighted by atomic mass is 10.1. The minimum Gasteiger partial charge on any atom is -0.455 e. The summed E-state index contributed by atoms with van der Waals surface area (Å²) in [6, 6.07) is 7.58. The topological polar surface area (TPSA) is 68.4 Å². The molecule has 1 atom stereocenters. The van der Waals surface area contributed by atoms with Crippen LogP contribution < -0.4 is 0 Å². The first-order valence-electron chi connectivity index (χ1n) is 7.05. The highest BCUT2D eigenvalue weighted by atomic mass is 16.6. The third-order valence-corrected chi connectivity index (χ3v) is 3.71. The molecule has 5 heteroatoms. The lowest BCUT2D eigenvalue weighted by Crippen LogP contribution is -2.25. The number of aryl methyl sites for hydroxylation is 1. The summed E-state index contributed by atoms with van der Waals surface area (Å²) < 4.78 is 10.3. The fourth-order valence-electron chi connectivity index (χ4n) is 2.70. The second-order valence-electron chi connectivity index (χ2n) is 5.20. The van der Waals surface area contributed by atoms with E-state index in [1.54, 1.807) is 0 Å². The lowest BCUT2D eigenvalue weighted by Gasteiger charge is -2.09. The van der Waals surface area contributed by atoms with Crippen LogP contribution in [-0.4, -0.2) is 36.1 Å². The smallest absolute Gasteiger partial charge is 0.335 e. The molecule has 1 saturated heterocycles. The Morgan fingerprint density at radius 2 is 2.19 bits per heavy atom. The number of ketones is 1. The molecular weight excluding hydrogens is 270 g/mol. The molecule has 0 aliphatic carbocycles. The fourth-order valence-corrected chi connectivity index (χ4v) is 2.70. The maximum Gasteiger partial charge on any atom is 0.335 e. The molecule has 1 N–H and O–H groups in total. The molecule has 3 rings (SSSR count). The first kappa shape index (κ1) is 13.8. The molecule has 5 nitrogen and oxygen atoms in total. The van der Waals surface area contributed by atoms with Crippen molar-refractivity contribution in [2.24, 2.45) is 0 Å². The molecule has 21 heavy (non-hydrogen) atoms. The van der Waals surface area contributed by atoms with Crippen molar-refractivity contribution in [2.75, 3.05) is 13.2 Å². The Kier molecular flexibility index (Phi) is 3.75. The highest BCUT2D eigenvalue weighted by molar-refractivity contribution is 6.10. The van der Waals surface area contributed by atoms with Crippen LogP contribution in [-0.2, 0) is 14.3 Å². The molecule has 0 radical (unpaired) electrons. The highest BCUT2D eigenvalue weighted by Gasteiger charge is 2.26. The van der Waals surface area contributed by atoms with Gasteiger partial charge in [0.15, 0.2) is 12.7 Å². The van der Waals surface area contributed by atoms with Crippen molar-refractivity contribution in [2.45, 2.75) is 25.9 Å². The van der Waals surface area contributed by atoms with E-state index in [4.69, 9.17) is 9.47 Å². The Balaban J connectivity index is 1.72. The van der Waals surface area contributed by atoms with Gasteiger partial charge < -0.3 is 14.5 Å². The van der Waals surface area contributed by atoms with Crippen LogP contribution in [0.4, 0.5) is 0 Å². The molecule has 1 aliphatic heterocycles. The Hall–Kier alpha value is -2.14. The number of fused-ring (bicyclic) bond motifs is 1. The number of nitrogens with one attached hydrogen (secondary N) is 1. The third-order valence-electron chi connectivity index (χ3n) is 3.71. The molecule has 0 saturated carbocycles. The van der Waals surface area contributed by atoms with Gasteiger partial charge in [0, 0.05) is 28.8 Å². The zero-order chi connectivity index (χ0) is 14.8. The van der Waals surface area contributed by atoms with Crippen LogP contribution in [0.1, 0.15) is 28.9 Å². The average Bonchev–Trinajstić information content (AvgIpc) is 3.10. The Morgan fingerprint density at radius 1 is 1.38 bits per heavy atom. The summed E-state index contributed by atoms with van der Waals surface area (Å²) in [6.07, 6.45) is 1.01. The maximum atomic E-state index is 12.3. The summed E-state index contributed by atoms with van der Waals surface area (Å²) in [5.41, 5.74) is 2.28. The van der Waals surface area contributed by atoms with Gasteiger partial charge in [0.25, 0.3) is 0 Å². The fraction of sp³-hybridized carbons (Fsp3) is 0.375. The van der Waals surface area contributed by atoms with E-state index in [0.717, 1.165) is 23.0 Å². The van der Waals surface area contributed by atoms with Gasteiger partial charge in [-0.25, -0.2) is 4.79 Å². The Morgan fingerprint density at radius 3 is 2.95 bits per heavy atom. The van der Waals surface area contributed by atoms with Gasteiger partial charge in [-0.1, -0.05) is 18.2 Å². The molecule has 1 aromatic heterocycles. The van der Waals surface area contributed by atoms with Gasteiger partial charge in [0.1, 0.15) is 0 Å². The molecule has 1 fully saturated rings. The van der Waals surface area contributed by atoms with Crippen LogP contribution in [0.5, 0.6) is 0 Å². The minimum atomic E-state index is -0.512. The van der Waals surface area contributed by atoms with Crippen molar-refractivity contribution in [3.63, 3.8) is 0 Å². The largest absolute Gasteiger partial charge is 0.455 e. The average molecular weight is 287 g/mol. The van der Waals surface area contributed by atoms with Crippen LogP contribution in [0, 0.1) is 6.92 Å². The molecule has 2 aromatic rings. The molecule has 1 unspecified atom stereocenters. The summed E-state index contributed by atoms with van der Waals surface area (Å²) >= 11 is 0. The molecule has 110 valence electrons. The summed E-state index contributed by atoms with van der Waals surface area (Å²) in [5, 5.41) is 0.855. The molecule has 1 aromatic carbocycles. The van der Waals surface area contributed by atoms with E-state index in [-0.39, 0.29) is 12.4 Å². The number of hydrogen-bond acceptors (Lipinski definition) is 4. The van der Waals surface area contributed by atoms with E-state index in [2.05, 4.69) is 4.98 Å². The number of aromatic nitrogens is 1. The van der Waals surface area contributed by atoms with Crippen LogP contribution in [0.3, 0.4) is 0 Å². The maximum absolute atomic E-state index is 12.3. The number of Topliss-reactive ketones (excluding diaryl/α,β-unsaturated/α-hetero) is 1. The molecule has 2 heterocycles. The van der Waals surface area contributed by atoms with E-state index in [1.165, 1.54) is 0 Å². The second kappa shape index (κ2) is 5.69. The van der Waals surface area contributed by atoms with E-state index >= 15 is 0 Å². The Labute approximate surface area is 122 Å². The van der Waals surface area contributed by atoms with Crippen molar-refractivity contribution in [3.05, 3.63) is 35.5 Å². The molecular formula is C16H17NO4. The van der Waals surface area contributed by atoms with E-state index in [0.29, 0.717) is 18.6 Å². The van der Waals surface area contributed by atoms with Crippen molar-refractivity contribution in [3.8, 4) is 0 Å². The Bertz CT molecular complexity index is 683. The summed E-state index contributed by atoms with van der Waals surface area (Å²) in [4.78, 5) is 27.2. The monoisotopic (exact) mass is 287 g/mol. The molecule has 0 bridgehead atoms. The second-order valence-corrected chi connectivity index (χ2v) is 5.20. The predicted octanol–water partition coefficient (Wildman–Crippen LogP) is 2.38. The summed E-state index contributed by atoms with van der Waals surface area (Å²) in [5.74, 6) is -0.644. The number of carbonyl (C=O) groups is 2. The van der Waals surface area contributed by atoms with Crippen LogP contribution in [0.2, 0.25) is 0 Å². The van der Waals surface area contributed by atoms with Crippen molar-refractivity contribution >= 4 is 22.7 Å². The number of hydrogen-bond donors (Lipinski definition) is 1. The summed E-state index contributed by atoms with van der Waals surface area (Å²) in [7, 11) is 0. The zero-order valence-electron chi connectivity index (χ0n) is 11.8. The van der Waals surface area contributed by atoms with Crippen molar-refractivity contribution in [1.82, 2.24) is 4.98 Å². The van der Waals surface area contributed by atoms with E-state index < -0.39 is 12.1 Å². The number of para-hydroxylation sites is 1. The van der Waals surface area contributed by atoms with Crippen molar-refractivity contribution < 1.29 is 19.1 Å². The number of esters is 1. The molecule has 0 spiro atoms. The van der Waals surface area contributed by atoms with Gasteiger partial charge >= 0.3 is 5.97 Å². The quantitative estimate of drug-likeness (QED) is 0.692. The predicted molar refractivity (Wildman–Crippen MR) is 77.3 cm³/mol. The SMILES string of the molecule is Cc1[nH]c2ccccc2c1C(=O)COC(=O)C1CCCO1. The summed E-state index contributed by atoms with van der Waals surface area (Å²) in [6.45, 7) is 2.17. The van der Waals surface area contributed by atoms with E-state index in [1.807, 2.05) is 31.2 Å². The number of carbonyl (C=O) groups excluding carboxylic acids is 2. The van der Waals surface area contributed by atoms with Crippen LogP contribution >= 0.6 is 0 Å². The van der Waals surface area contributed by atoms with Gasteiger partial charge in [-0.15, -0.1) is 0 Å². The van der Waals surface area contributed by atoms with Gasteiger partial charge in [-0.3, -0.25) is 4.79 Å². The van der Waals surface area contributed by atoms with Crippen molar-refractivity contribution in [1.29, 1.82) is 0 Å². The van der Waals surface area contributed by atoms with Gasteiger partial charge in [0.2, 0.25) is 5.78 Å². The van der Waals surface area contributed by atoms with Gasteiger partial charge in [-0.05, 0) is 25.8 Å². The van der Waals surface area contributed by atoms with E-state index in [9.17, 15) is 9.59 Å². The molecule has 0 amide bonds. The van der Waals surface area contributed by atoms with Crippen LogP contribution in [0.25, 0.3) is 10.9 Å². The van der Waals surface area contributed by atoms with Gasteiger partial charge in [0.05, 0.1) is 0 Å². The number of ether oxygens (including phenoxy) is 2. The highest BCUT2D eigenvalue weighted by Crippen LogP contribution is 2.22. The zero-order valence-corrected chi connectivity index (χ0v) is 11.8. The number of rotatable bonds is 4. The van der Waals surface area contributed by atoms with Crippen LogP contribution in [0.15, 0.2) is 24.3 Å². The number of benzene rings is 1. The number of aromatic amines is 1. The first-order valence-corrected chi connectivity index (χ1v) is 7.05. The minimum absolute atomic E-state index is 0.198. The normalized spacial score (nSPS) is 18.0. The molecule has 1 aliphatic rings.